The van der Waals surface area contributed by atoms with Crippen molar-refractivity contribution in [1.82, 2.24) is 39.2 Å². The monoisotopic (exact) mass is 688 g/mol. The van der Waals surface area contributed by atoms with E-state index in [0.717, 1.165) is 81.2 Å². The van der Waals surface area contributed by atoms with E-state index in [0.29, 0.717) is 42.8 Å². The number of imidazole rings is 1. The maximum Gasteiger partial charge on any atom is 0.270 e. The highest BCUT2D eigenvalue weighted by molar-refractivity contribution is 6.09. The average Bonchev–Trinajstić information content (AvgIpc) is 3.82. The van der Waals surface area contributed by atoms with E-state index in [1.165, 1.54) is 21.8 Å². The second-order valence-electron chi connectivity index (χ2n) is 13.6. The molecule has 2 fully saturated rings. The third-order valence-electron chi connectivity index (χ3n) is 10.4. The molecule has 2 aliphatic heterocycles. The molecule has 12 heteroatoms. The summed E-state index contributed by atoms with van der Waals surface area (Å²) in [7, 11) is 0. The van der Waals surface area contributed by atoms with Crippen LogP contribution >= 0.6 is 0 Å². The predicted octanol–water partition coefficient (Wildman–Crippen LogP) is 4.46. The highest BCUT2D eigenvalue weighted by Gasteiger charge is 2.21. The van der Waals surface area contributed by atoms with Crippen LogP contribution in [-0.2, 0) is 33.8 Å². The maximum absolute atomic E-state index is 13.1. The lowest BCUT2D eigenvalue weighted by molar-refractivity contribution is -0.127. The summed E-state index contributed by atoms with van der Waals surface area (Å²) in [5.74, 6) is 0.957. The highest BCUT2D eigenvalue weighted by atomic mass is 16.5. The van der Waals surface area contributed by atoms with Crippen LogP contribution in [0, 0.1) is 0 Å². The van der Waals surface area contributed by atoms with Crippen molar-refractivity contribution in [3.05, 3.63) is 70.6 Å². The molecular formula is C39H44N8O4. The Morgan fingerprint density at radius 3 is 2.55 bits per heavy atom. The summed E-state index contributed by atoms with van der Waals surface area (Å²) < 4.78 is 9.96. The molecule has 51 heavy (non-hydrogen) atoms. The minimum Gasteiger partial charge on any atom is -0.379 e. The molecule has 0 aliphatic carbocycles. The molecule has 3 aromatic carbocycles. The lowest BCUT2D eigenvalue weighted by Gasteiger charge is -2.26. The number of morpholine rings is 1. The molecule has 8 rings (SSSR count). The fraction of sp³-hybridized carbons (Fsp3) is 0.410. The number of carbonyl (C=O) groups excluding carboxylic acids is 2. The van der Waals surface area contributed by atoms with Crippen LogP contribution in [0.2, 0.25) is 0 Å². The fourth-order valence-corrected chi connectivity index (χ4v) is 7.75. The van der Waals surface area contributed by atoms with Crippen molar-refractivity contribution < 1.29 is 14.3 Å². The van der Waals surface area contributed by atoms with Gasteiger partial charge < -0.3 is 29.1 Å². The van der Waals surface area contributed by atoms with Gasteiger partial charge in [-0.1, -0.05) is 18.2 Å². The van der Waals surface area contributed by atoms with Gasteiger partial charge in [0, 0.05) is 99.0 Å². The molecule has 0 atom stereocenters. The lowest BCUT2D eigenvalue weighted by Crippen LogP contribution is -2.41. The molecule has 2 amide bonds. The number of carbonyl (C=O) groups is 2. The number of nitrogens with one attached hydrogen (secondary N) is 2. The van der Waals surface area contributed by atoms with Crippen LogP contribution in [0.4, 0.5) is 0 Å². The van der Waals surface area contributed by atoms with Gasteiger partial charge in [0.15, 0.2) is 0 Å². The van der Waals surface area contributed by atoms with Crippen molar-refractivity contribution in [3.63, 3.8) is 0 Å². The topological polar surface area (TPSA) is 130 Å². The number of aryl methyl sites for hydroxylation is 3. The second kappa shape index (κ2) is 14.3. The van der Waals surface area contributed by atoms with Gasteiger partial charge in [-0.25, -0.2) is 9.97 Å². The van der Waals surface area contributed by atoms with Crippen LogP contribution in [-0.4, -0.2) is 98.2 Å². The zero-order valence-corrected chi connectivity index (χ0v) is 29.1. The van der Waals surface area contributed by atoms with Gasteiger partial charge in [0.05, 0.1) is 35.3 Å². The van der Waals surface area contributed by atoms with Crippen LogP contribution in [0.25, 0.3) is 55.3 Å². The Labute approximate surface area is 295 Å². The molecule has 0 saturated carbocycles. The first-order valence-electron chi connectivity index (χ1n) is 18.3. The number of fused-ring (bicyclic) bond motifs is 5. The Morgan fingerprint density at radius 1 is 0.882 bits per heavy atom. The van der Waals surface area contributed by atoms with Crippen molar-refractivity contribution >= 4 is 55.7 Å². The summed E-state index contributed by atoms with van der Waals surface area (Å²) in [4.78, 5) is 55.3. The van der Waals surface area contributed by atoms with E-state index in [1.54, 1.807) is 0 Å². The number of likely N-dealkylation sites (tertiary alicyclic amines) is 1. The summed E-state index contributed by atoms with van der Waals surface area (Å²) in [5.41, 5.74) is 6.35. The Balaban J connectivity index is 1.11. The van der Waals surface area contributed by atoms with Gasteiger partial charge in [-0.2, -0.15) is 0 Å². The van der Waals surface area contributed by atoms with Crippen LogP contribution in [0.5, 0.6) is 0 Å². The third kappa shape index (κ3) is 6.61. The molecule has 3 aromatic heterocycles. The van der Waals surface area contributed by atoms with Crippen LogP contribution in [0.1, 0.15) is 38.3 Å². The first-order valence-corrected chi connectivity index (χ1v) is 18.3. The number of aromatic nitrogens is 5. The summed E-state index contributed by atoms with van der Waals surface area (Å²) in [5, 5.41) is 5.36. The molecule has 6 aromatic rings. The van der Waals surface area contributed by atoms with Gasteiger partial charge in [-0.05, 0) is 56.2 Å². The van der Waals surface area contributed by atoms with Crippen molar-refractivity contribution in [1.29, 1.82) is 0 Å². The standard InChI is InChI=1S/C39H44N8O4/c1-2-46-33-8-4-3-7-27(33)28-23-26(10-12-34(28)46)38-42-32-24-30-31(25-35(32)47(38)17-6-16-45-15-5-9-37(45)49)41-29(39(50)43-30)11-13-36(48)40-14-18-44-19-21-51-22-20-44/h3-4,7-8,10,12,23-25H,2,5-6,9,11,13-22H2,1H3,(H,40,48)(H,43,50). The summed E-state index contributed by atoms with van der Waals surface area (Å²) in [6.07, 6.45) is 2.74. The highest BCUT2D eigenvalue weighted by Crippen LogP contribution is 2.34. The minimum absolute atomic E-state index is 0.0989. The number of para-hydroxylation sites is 1. The predicted molar refractivity (Wildman–Crippen MR) is 199 cm³/mol. The number of aromatic amines is 1. The van der Waals surface area contributed by atoms with Crippen molar-refractivity contribution in [2.24, 2.45) is 0 Å². The van der Waals surface area contributed by atoms with Gasteiger partial charge in [-0.3, -0.25) is 19.3 Å². The average molecular weight is 689 g/mol. The molecule has 0 spiro atoms. The number of ether oxygens (including phenoxy) is 1. The number of H-pyrrole nitrogens is 1. The molecule has 0 radical (unpaired) electrons. The van der Waals surface area contributed by atoms with E-state index in [1.807, 2.05) is 17.0 Å². The summed E-state index contributed by atoms with van der Waals surface area (Å²) in [6, 6.07) is 18.9. The third-order valence-corrected chi connectivity index (χ3v) is 10.4. The zero-order valence-electron chi connectivity index (χ0n) is 29.1. The summed E-state index contributed by atoms with van der Waals surface area (Å²) in [6.45, 7) is 9.73. The lowest BCUT2D eigenvalue weighted by atomic mass is 10.1. The zero-order chi connectivity index (χ0) is 34.9. The van der Waals surface area contributed by atoms with Gasteiger partial charge in [0.25, 0.3) is 5.56 Å². The smallest absolute Gasteiger partial charge is 0.270 e. The van der Waals surface area contributed by atoms with Crippen LogP contribution in [0.15, 0.2) is 59.4 Å². The summed E-state index contributed by atoms with van der Waals surface area (Å²) >= 11 is 0. The fourth-order valence-electron chi connectivity index (χ4n) is 7.75. The van der Waals surface area contributed by atoms with Crippen LogP contribution < -0.4 is 10.9 Å². The van der Waals surface area contributed by atoms with E-state index < -0.39 is 0 Å². The molecule has 12 nitrogen and oxygen atoms in total. The van der Waals surface area contributed by atoms with Gasteiger partial charge in [0.1, 0.15) is 11.5 Å². The number of hydrogen-bond acceptors (Lipinski definition) is 7. The Morgan fingerprint density at radius 2 is 1.73 bits per heavy atom. The first kappa shape index (κ1) is 33.1. The van der Waals surface area contributed by atoms with E-state index in [-0.39, 0.29) is 30.2 Å². The molecule has 5 heterocycles. The molecular weight excluding hydrogens is 644 g/mol. The Bertz CT molecular complexity index is 2320. The largest absolute Gasteiger partial charge is 0.379 e. The van der Waals surface area contributed by atoms with E-state index in [4.69, 9.17) is 14.7 Å². The molecule has 2 aliphatic rings. The molecule has 0 unspecified atom stereocenters. The van der Waals surface area contributed by atoms with Gasteiger partial charge >= 0.3 is 0 Å². The number of amides is 2. The van der Waals surface area contributed by atoms with E-state index in [2.05, 4.69) is 73.7 Å². The van der Waals surface area contributed by atoms with Gasteiger partial charge in [0.2, 0.25) is 11.8 Å². The van der Waals surface area contributed by atoms with Crippen molar-refractivity contribution in [2.45, 2.75) is 52.1 Å². The molecule has 264 valence electrons. The SMILES string of the molecule is CCn1c2ccccc2c2cc(-c3nc4cc5[nH]c(=O)c(CCC(=O)NCCN6CCOCC6)nc5cc4n3CCCN3CCCC3=O)ccc21. The van der Waals surface area contributed by atoms with Crippen molar-refractivity contribution in [3.8, 4) is 11.4 Å². The quantitative estimate of drug-likeness (QED) is 0.194. The van der Waals surface area contributed by atoms with E-state index >= 15 is 0 Å². The second-order valence-corrected chi connectivity index (χ2v) is 13.6. The number of nitrogens with zero attached hydrogens (tertiary/aromatic N) is 6. The van der Waals surface area contributed by atoms with Gasteiger partial charge in [-0.15, -0.1) is 0 Å². The first-order chi connectivity index (χ1) is 25.0. The molecule has 2 N–H and O–H groups in total. The molecule has 0 bridgehead atoms. The van der Waals surface area contributed by atoms with E-state index in [9.17, 15) is 14.4 Å². The maximum atomic E-state index is 13.1. The minimum atomic E-state index is -0.296. The Hall–Kier alpha value is -5.07. The number of benzene rings is 3. The number of hydrogen-bond donors (Lipinski definition) is 2. The normalized spacial score (nSPS) is 15.6. The number of rotatable bonds is 12. The van der Waals surface area contributed by atoms with Crippen molar-refractivity contribution in [2.75, 3.05) is 52.5 Å². The molecule has 2 saturated heterocycles. The van der Waals surface area contributed by atoms with Crippen LogP contribution in [0.3, 0.4) is 0 Å². The Kier molecular flexibility index (Phi) is 9.26.